The van der Waals surface area contributed by atoms with Gasteiger partial charge in [-0.05, 0) is 50.3 Å². The van der Waals surface area contributed by atoms with E-state index in [4.69, 9.17) is 22.9 Å². The van der Waals surface area contributed by atoms with E-state index in [0.717, 1.165) is 0 Å². The molecular weight excluding hydrogens is 1250 g/mol. The van der Waals surface area contributed by atoms with Gasteiger partial charge in [0.15, 0.2) is 0 Å². The van der Waals surface area contributed by atoms with Crippen LogP contribution in [0.3, 0.4) is 0 Å². The number of carbonyl (C=O) groups is 15. The van der Waals surface area contributed by atoms with Crippen molar-refractivity contribution in [1.82, 2.24) is 63.1 Å². The van der Waals surface area contributed by atoms with Crippen LogP contribution in [0, 0.1) is 0 Å². The van der Waals surface area contributed by atoms with E-state index in [0.29, 0.717) is 17.5 Å². The standard InChI is InChI=1S/C56H78N16O18S2/c1-28(58)46(79)71-40(25-91)54(87)63-32(14-8-9-17-57)47(80)64-33(15-16-42(59)73)48(81)65-34(18-29-10-4-2-5-11-29)49(82)68-37(22-44(75)76)52(85)66-35(19-30-12-6-3-7-13-30)50(83)72-41(26-92)55(88)67-36(21-43(60)74)51(84)69-38(23-45(77)78)53(86)70-39(56(89)90)20-31-24-61-27-62-31/h2-7,10-13,24,27-28,32-41,91-92H,8-9,14-23,25-26,57-58H2,1H3,(H2,59,73)(H2,60,74)(H,61,62)(H,63,87)(H,64,80)(H,65,81)(H,66,85)(H,67,88)(H,68,82)(H,69,84)(H,70,86)(H,71,79)(H,72,83)(H,75,76)(H,77,78)(H,89,90)/t28-,32-,33-,34-,35-,36-,37-,38-,39-,40-,41-/m0/s1. The largest absolute Gasteiger partial charge is 0.481 e. The third-order valence-corrected chi connectivity index (χ3v) is 14.2. The van der Waals surface area contributed by atoms with Gasteiger partial charge in [-0.2, -0.15) is 25.3 Å². The molecule has 12 amide bonds. The van der Waals surface area contributed by atoms with Crippen molar-refractivity contribution in [3.05, 3.63) is 90.0 Å². The van der Waals surface area contributed by atoms with E-state index < -0.39 is 193 Å². The molecule has 11 atom stereocenters. The average molecular weight is 1330 g/mol. The molecule has 0 saturated heterocycles. The molecule has 22 N–H and O–H groups in total. The lowest BCUT2D eigenvalue weighted by Gasteiger charge is -2.28. The van der Waals surface area contributed by atoms with Crippen molar-refractivity contribution in [1.29, 1.82) is 0 Å². The Morgan fingerprint density at radius 1 is 0.457 bits per heavy atom. The summed E-state index contributed by atoms with van der Waals surface area (Å²) in [6, 6.07) is -2.41. The van der Waals surface area contributed by atoms with Gasteiger partial charge in [-0.3, -0.25) is 67.1 Å². The van der Waals surface area contributed by atoms with Crippen LogP contribution in [0.15, 0.2) is 73.2 Å². The monoisotopic (exact) mass is 1330 g/mol. The predicted octanol–water partition coefficient (Wildman–Crippen LogP) is -6.20. The van der Waals surface area contributed by atoms with Crippen molar-refractivity contribution in [2.45, 2.75) is 144 Å². The van der Waals surface area contributed by atoms with Gasteiger partial charge in [-0.25, -0.2) is 9.78 Å². The minimum Gasteiger partial charge on any atom is -0.481 e. The van der Waals surface area contributed by atoms with Gasteiger partial charge in [0, 0.05) is 49.1 Å². The molecule has 34 nitrogen and oxygen atoms in total. The molecule has 0 fully saturated rings. The second kappa shape index (κ2) is 39.4. The van der Waals surface area contributed by atoms with E-state index in [1.165, 1.54) is 31.6 Å². The third-order valence-electron chi connectivity index (χ3n) is 13.4. The molecule has 3 rings (SSSR count). The first-order chi connectivity index (χ1) is 43.5. The zero-order valence-electron chi connectivity index (χ0n) is 49.8. The number of amides is 12. The minimum absolute atomic E-state index is 0.0390. The molecule has 0 unspecified atom stereocenters. The van der Waals surface area contributed by atoms with Crippen molar-refractivity contribution < 1.29 is 87.2 Å². The summed E-state index contributed by atoms with van der Waals surface area (Å²) >= 11 is 8.30. The van der Waals surface area contributed by atoms with Crippen molar-refractivity contribution in [2.24, 2.45) is 22.9 Å². The zero-order chi connectivity index (χ0) is 68.6. The van der Waals surface area contributed by atoms with Crippen LogP contribution in [-0.2, 0) is 91.2 Å². The molecule has 0 radical (unpaired) electrons. The molecule has 502 valence electrons. The van der Waals surface area contributed by atoms with Gasteiger partial charge >= 0.3 is 17.9 Å². The normalized spacial score (nSPS) is 14.5. The number of benzene rings is 2. The summed E-state index contributed by atoms with van der Waals surface area (Å²) in [5, 5.41) is 52.7. The fraction of sp³-hybridized carbons (Fsp3) is 0.464. The second-order valence-electron chi connectivity index (χ2n) is 20.9. The van der Waals surface area contributed by atoms with Gasteiger partial charge in [0.25, 0.3) is 0 Å². The number of unbranched alkanes of at least 4 members (excludes halogenated alkanes) is 1. The Labute approximate surface area is 537 Å². The number of aliphatic carboxylic acids is 3. The number of thiol groups is 2. The number of imidazole rings is 1. The molecule has 0 spiro atoms. The van der Waals surface area contributed by atoms with Crippen LogP contribution in [0.1, 0.15) is 75.1 Å². The first-order valence-electron chi connectivity index (χ1n) is 28.5. The van der Waals surface area contributed by atoms with Gasteiger partial charge < -0.3 is 96.4 Å². The number of hydrogen-bond acceptors (Lipinski definition) is 20. The first-order valence-corrected chi connectivity index (χ1v) is 29.8. The van der Waals surface area contributed by atoms with Gasteiger partial charge in [0.05, 0.1) is 31.6 Å². The molecule has 3 aromatic rings. The zero-order valence-corrected chi connectivity index (χ0v) is 51.6. The summed E-state index contributed by atoms with van der Waals surface area (Å²) in [6.45, 7) is 1.58. The Bertz CT molecular complexity index is 3060. The van der Waals surface area contributed by atoms with E-state index >= 15 is 0 Å². The number of nitrogens with zero attached hydrogens (tertiary/aromatic N) is 1. The summed E-state index contributed by atoms with van der Waals surface area (Å²) in [7, 11) is 0. The molecule has 1 heterocycles. The van der Waals surface area contributed by atoms with Crippen LogP contribution in [0.5, 0.6) is 0 Å². The van der Waals surface area contributed by atoms with Crippen molar-refractivity contribution in [2.75, 3.05) is 18.1 Å². The number of nitrogens with one attached hydrogen (secondary N) is 11. The molecule has 1 aromatic heterocycles. The summed E-state index contributed by atoms with van der Waals surface area (Å²) < 4.78 is 0. The number of primary amides is 2. The topological polar surface area (TPSA) is 570 Å². The molecule has 0 aliphatic heterocycles. The number of aromatic nitrogens is 2. The molecule has 36 heteroatoms. The lowest BCUT2D eigenvalue weighted by Crippen LogP contribution is -2.61. The van der Waals surface area contributed by atoms with Crippen LogP contribution in [0.25, 0.3) is 0 Å². The van der Waals surface area contributed by atoms with Crippen LogP contribution >= 0.6 is 25.3 Å². The lowest BCUT2D eigenvalue weighted by atomic mass is 10.0. The number of rotatable bonds is 42. The Morgan fingerprint density at radius 3 is 1.18 bits per heavy atom. The van der Waals surface area contributed by atoms with Crippen LogP contribution in [0.4, 0.5) is 0 Å². The van der Waals surface area contributed by atoms with E-state index in [1.807, 2.05) is 0 Å². The van der Waals surface area contributed by atoms with E-state index in [-0.39, 0.29) is 50.1 Å². The minimum atomic E-state index is -2.04. The van der Waals surface area contributed by atoms with Gasteiger partial charge in [-0.15, -0.1) is 0 Å². The number of carboxylic acid groups (broad SMARTS) is 3. The highest BCUT2D eigenvalue weighted by molar-refractivity contribution is 7.80. The highest BCUT2D eigenvalue weighted by atomic mass is 32.1. The molecule has 2 aromatic carbocycles. The number of H-pyrrole nitrogens is 1. The summed E-state index contributed by atoms with van der Waals surface area (Å²) in [5.74, 6) is -18.8. The fourth-order valence-electron chi connectivity index (χ4n) is 8.57. The number of nitrogens with two attached hydrogens (primary N) is 4. The third kappa shape index (κ3) is 27.6. The molecule has 0 aliphatic carbocycles. The van der Waals surface area contributed by atoms with E-state index in [1.54, 1.807) is 48.5 Å². The van der Waals surface area contributed by atoms with Crippen LogP contribution < -0.4 is 76.1 Å². The molecule has 0 bridgehead atoms. The Kier molecular flexibility index (Phi) is 32.8. The van der Waals surface area contributed by atoms with Gasteiger partial charge in [0.2, 0.25) is 70.9 Å². The van der Waals surface area contributed by atoms with Gasteiger partial charge in [0.1, 0.15) is 60.4 Å². The Balaban J connectivity index is 1.95. The summed E-state index contributed by atoms with van der Waals surface area (Å²) in [4.78, 5) is 205. The Hall–Kier alpha value is -9.68. The first kappa shape index (κ1) is 76.6. The summed E-state index contributed by atoms with van der Waals surface area (Å²) in [5.41, 5.74) is 23.2. The summed E-state index contributed by atoms with van der Waals surface area (Å²) in [6.07, 6.45) is -2.15. The molecule has 0 saturated carbocycles. The van der Waals surface area contributed by atoms with Crippen molar-refractivity contribution in [3.63, 3.8) is 0 Å². The number of hydrogen-bond donors (Lipinski definition) is 20. The van der Waals surface area contributed by atoms with Crippen LogP contribution in [-0.4, -0.2) is 199 Å². The van der Waals surface area contributed by atoms with E-state index in [2.05, 4.69) is 88.4 Å². The second-order valence-corrected chi connectivity index (χ2v) is 21.7. The van der Waals surface area contributed by atoms with Crippen molar-refractivity contribution in [3.8, 4) is 0 Å². The van der Waals surface area contributed by atoms with Gasteiger partial charge in [-0.1, -0.05) is 60.7 Å². The maximum absolute atomic E-state index is 14.5. The van der Waals surface area contributed by atoms with E-state index in [9.17, 15) is 87.2 Å². The number of aromatic amines is 1. The lowest BCUT2D eigenvalue weighted by molar-refractivity contribution is -0.144. The molecule has 0 aliphatic rings. The highest BCUT2D eigenvalue weighted by Crippen LogP contribution is 2.12. The molecule has 92 heavy (non-hydrogen) atoms. The fourth-order valence-corrected chi connectivity index (χ4v) is 9.09. The average Bonchev–Trinajstić information content (AvgIpc) is 1.18. The van der Waals surface area contributed by atoms with Crippen LogP contribution in [0.2, 0.25) is 0 Å². The van der Waals surface area contributed by atoms with Crippen molar-refractivity contribution >= 4 is 114 Å². The number of carboxylic acids is 3. The Morgan fingerprint density at radius 2 is 0.815 bits per heavy atom. The maximum Gasteiger partial charge on any atom is 0.326 e. The SMILES string of the molecule is C[C@H](N)C(=O)N[C@@H](CS)C(=O)N[C@@H](CCCCN)C(=O)N[C@@H](CCC(N)=O)C(=O)N[C@@H](Cc1ccccc1)C(=O)N[C@@H](CC(=O)O)C(=O)N[C@@H](Cc1ccccc1)C(=O)N[C@@H](CS)C(=O)N[C@@H](CC(N)=O)C(=O)N[C@@H](CC(=O)O)C(=O)N[C@@H](Cc1cnc[nH]1)C(=O)O. The predicted molar refractivity (Wildman–Crippen MR) is 331 cm³/mol. The maximum atomic E-state index is 14.5. The molecular formula is C56H78N16O18S2. The highest BCUT2D eigenvalue weighted by Gasteiger charge is 2.37. The number of carbonyl (C=O) groups excluding carboxylic acids is 12. The quantitative estimate of drug-likeness (QED) is 0.0185. The smallest absolute Gasteiger partial charge is 0.326 e.